The minimum atomic E-state index is -0.642. The van der Waals surface area contributed by atoms with E-state index >= 15 is 0 Å². The van der Waals surface area contributed by atoms with Crippen molar-refractivity contribution >= 4 is 27.5 Å². The van der Waals surface area contributed by atoms with E-state index in [0.717, 1.165) is 32.4 Å². The van der Waals surface area contributed by atoms with Gasteiger partial charge in [-0.05, 0) is 75.1 Å². The smallest absolute Gasteiger partial charge is 0.349 e. The molecule has 2 atom stereocenters. The normalized spacial score (nSPS) is 19.8. The van der Waals surface area contributed by atoms with Gasteiger partial charge >= 0.3 is 11.6 Å². The fourth-order valence-electron chi connectivity index (χ4n) is 7.28. The molecule has 236 valence electrons. The number of aryl methyl sites for hydroxylation is 1. The molecule has 8 nitrogen and oxygen atoms in total. The van der Waals surface area contributed by atoms with Crippen LogP contribution in [0.15, 0.2) is 33.5 Å². The Morgan fingerprint density at radius 2 is 1.96 bits per heavy atom. The Kier molecular flexibility index (Phi) is 8.65. The number of rotatable bonds is 5. The number of ether oxygens (including phenoxy) is 1. The maximum atomic E-state index is 14.6. The standard InChI is InChI=1S/C28H26FN3O4.C7H12FN/c1-5-19-21(29)11-10-17-12-18(33)13-20(22(17)19)25-15(2)24-23(27(34)36-25)26(31-28(30-24)35-4)32(3)14-16-8-6-7-9-16;8-6-4-7-2-1-3-9(7)5-6/h1,10-13,16,33H,6-9,14H2,2-4H3;6-7H,1-5H2. The molecule has 3 fully saturated rings. The van der Waals surface area contributed by atoms with E-state index in [0.29, 0.717) is 51.7 Å². The number of phenols is 1. The van der Waals surface area contributed by atoms with Crippen molar-refractivity contribution in [3.8, 4) is 35.4 Å². The fraction of sp³-hybridized carbons (Fsp3) is 0.457. The van der Waals surface area contributed by atoms with Gasteiger partial charge in [-0.25, -0.2) is 13.6 Å². The van der Waals surface area contributed by atoms with Gasteiger partial charge in [0.2, 0.25) is 0 Å². The molecule has 2 aromatic carbocycles. The van der Waals surface area contributed by atoms with Crippen LogP contribution < -0.4 is 15.3 Å². The van der Waals surface area contributed by atoms with E-state index in [1.165, 1.54) is 57.1 Å². The first-order valence-electron chi connectivity index (χ1n) is 15.6. The Balaban J connectivity index is 0.000000337. The second-order valence-corrected chi connectivity index (χ2v) is 12.4. The van der Waals surface area contributed by atoms with Gasteiger partial charge in [0.1, 0.15) is 28.9 Å². The lowest BCUT2D eigenvalue weighted by atomic mass is 9.95. The van der Waals surface area contributed by atoms with Crippen molar-refractivity contribution < 1.29 is 23.0 Å². The predicted octanol–water partition coefficient (Wildman–Crippen LogP) is 6.37. The highest BCUT2D eigenvalue weighted by molar-refractivity contribution is 6.03. The Bertz CT molecular complexity index is 1830. The number of phenolic OH excluding ortho intramolecular Hbond substituents is 1. The number of benzene rings is 2. The van der Waals surface area contributed by atoms with Crippen LogP contribution in [0.1, 0.15) is 56.1 Å². The third-order valence-electron chi connectivity index (χ3n) is 9.42. The van der Waals surface area contributed by atoms with Crippen molar-refractivity contribution in [2.45, 2.75) is 64.1 Å². The molecule has 4 aromatic rings. The Morgan fingerprint density at radius 1 is 1.18 bits per heavy atom. The van der Waals surface area contributed by atoms with Crippen LogP contribution in [0.25, 0.3) is 33.0 Å². The fourth-order valence-corrected chi connectivity index (χ4v) is 7.28. The lowest BCUT2D eigenvalue weighted by Crippen LogP contribution is -2.26. The molecule has 2 aromatic heterocycles. The van der Waals surface area contributed by atoms with Gasteiger partial charge in [-0.2, -0.15) is 9.97 Å². The molecule has 0 bridgehead atoms. The quantitative estimate of drug-likeness (QED) is 0.259. The Labute approximate surface area is 261 Å². The van der Waals surface area contributed by atoms with Crippen molar-refractivity contribution in [3.05, 3.63) is 51.6 Å². The number of terminal acetylenes is 1. The second-order valence-electron chi connectivity index (χ2n) is 12.4. The molecule has 45 heavy (non-hydrogen) atoms. The number of methoxy groups -OCH3 is 1. The number of aromatic nitrogens is 2. The molecular weight excluding hydrogens is 578 g/mol. The predicted molar refractivity (Wildman–Crippen MR) is 171 cm³/mol. The second kappa shape index (κ2) is 12.6. The molecule has 2 saturated heterocycles. The summed E-state index contributed by atoms with van der Waals surface area (Å²) in [4.78, 5) is 26.6. The molecule has 4 heterocycles. The Morgan fingerprint density at radius 3 is 2.67 bits per heavy atom. The van der Waals surface area contributed by atoms with Crippen LogP contribution in [-0.2, 0) is 0 Å². The van der Waals surface area contributed by atoms with E-state index in [1.807, 2.05) is 11.9 Å². The van der Waals surface area contributed by atoms with Crippen LogP contribution in [-0.4, -0.2) is 66.0 Å². The summed E-state index contributed by atoms with van der Waals surface area (Å²) >= 11 is 0. The summed E-state index contributed by atoms with van der Waals surface area (Å²) in [7, 11) is 3.36. The molecule has 2 aliphatic heterocycles. The zero-order valence-corrected chi connectivity index (χ0v) is 25.9. The van der Waals surface area contributed by atoms with Crippen LogP contribution in [0.5, 0.6) is 11.8 Å². The van der Waals surface area contributed by atoms with E-state index < -0.39 is 17.6 Å². The Hall–Kier alpha value is -4.23. The minimum absolute atomic E-state index is 0.0156. The monoisotopic (exact) mass is 616 g/mol. The molecule has 0 radical (unpaired) electrons. The molecule has 1 saturated carbocycles. The summed E-state index contributed by atoms with van der Waals surface area (Å²) in [5.74, 6) is 2.82. The lowest BCUT2D eigenvalue weighted by molar-refractivity contribution is 0.292. The van der Waals surface area contributed by atoms with Crippen molar-refractivity contribution in [2.75, 3.05) is 38.7 Å². The number of alkyl halides is 1. The summed E-state index contributed by atoms with van der Waals surface area (Å²) < 4.78 is 38.4. The number of nitrogens with zero attached hydrogens (tertiary/aromatic N) is 4. The number of hydrogen-bond acceptors (Lipinski definition) is 8. The maximum absolute atomic E-state index is 14.6. The van der Waals surface area contributed by atoms with Crippen molar-refractivity contribution in [1.29, 1.82) is 0 Å². The van der Waals surface area contributed by atoms with Crippen molar-refractivity contribution in [3.63, 3.8) is 0 Å². The lowest BCUT2D eigenvalue weighted by Gasteiger charge is -2.23. The zero-order valence-electron chi connectivity index (χ0n) is 25.9. The topological polar surface area (TPSA) is 91.9 Å². The van der Waals surface area contributed by atoms with Crippen molar-refractivity contribution in [1.82, 2.24) is 14.9 Å². The summed E-state index contributed by atoms with van der Waals surface area (Å²) in [6.45, 7) is 4.35. The molecule has 0 spiro atoms. The van der Waals surface area contributed by atoms with Crippen LogP contribution >= 0.6 is 0 Å². The summed E-state index contributed by atoms with van der Waals surface area (Å²) in [5, 5.41) is 11.5. The zero-order chi connectivity index (χ0) is 31.8. The highest BCUT2D eigenvalue weighted by Crippen LogP contribution is 2.39. The summed E-state index contributed by atoms with van der Waals surface area (Å²) in [6, 6.07) is 6.38. The largest absolute Gasteiger partial charge is 0.508 e. The van der Waals surface area contributed by atoms with Gasteiger partial charge < -0.3 is 19.2 Å². The first-order chi connectivity index (χ1) is 21.7. The van der Waals surface area contributed by atoms with Crippen LogP contribution in [0.2, 0.25) is 0 Å². The highest BCUT2D eigenvalue weighted by atomic mass is 19.1. The molecule has 1 aliphatic carbocycles. The van der Waals surface area contributed by atoms with E-state index in [9.17, 15) is 18.7 Å². The van der Waals surface area contributed by atoms with E-state index in [-0.39, 0.29) is 28.5 Å². The summed E-state index contributed by atoms with van der Waals surface area (Å²) in [6.07, 6.45) is 13.1. The van der Waals surface area contributed by atoms with E-state index in [1.54, 1.807) is 6.92 Å². The van der Waals surface area contributed by atoms with Crippen LogP contribution in [0.3, 0.4) is 0 Å². The number of anilines is 1. The molecule has 0 amide bonds. The van der Waals surface area contributed by atoms with Gasteiger partial charge in [0.05, 0.1) is 18.2 Å². The summed E-state index contributed by atoms with van der Waals surface area (Å²) in [5.41, 5.74) is 0.544. The van der Waals surface area contributed by atoms with Crippen LogP contribution in [0.4, 0.5) is 14.6 Å². The first kappa shape index (κ1) is 30.8. The molecular formula is C35H38F2N4O4. The SMILES string of the molecule is C#Cc1c(F)ccc2cc(O)cc(-c3oc(=O)c4c(N(C)CC5CCCC5)nc(OC)nc4c3C)c12.FC1CC2CCCN2C1. The van der Waals surface area contributed by atoms with Gasteiger partial charge in [0.15, 0.2) is 5.82 Å². The van der Waals surface area contributed by atoms with Gasteiger partial charge in [0, 0.05) is 42.7 Å². The number of hydrogen-bond donors (Lipinski definition) is 1. The molecule has 7 rings (SSSR count). The number of halogens is 2. The van der Waals surface area contributed by atoms with Gasteiger partial charge in [-0.15, -0.1) is 6.42 Å². The van der Waals surface area contributed by atoms with E-state index in [4.69, 9.17) is 15.6 Å². The molecule has 3 aliphatic rings. The van der Waals surface area contributed by atoms with Gasteiger partial charge in [0.25, 0.3) is 0 Å². The average molecular weight is 617 g/mol. The minimum Gasteiger partial charge on any atom is -0.508 e. The molecule has 2 unspecified atom stereocenters. The average Bonchev–Trinajstić information content (AvgIpc) is 3.77. The number of aromatic hydroxyl groups is 1. The third-order valence-corrected chi connectivity index (χ3v) is 9.42. The number of fused-ring (bicyclic) bond motifs is 3. The molecule has 1 N–H and O–H groups in total. The first-order valence-corrected chi connectivity index (χ1v) is 15.6. The van der Waals surface area contributed by atoms with Crippen LogP contribution in [0, 0.1) is 31.0 Å². The van der Waals surface area contributed by atoms with E-state index in [2.05, 4.69) is 20.8 Å². The highest BCUT2D eigenvalue weighted by Gasteiger charge is 2.34. The molecule has 10 heteroatoms. The van der Waals surface area contributed by atoms with Gasteiger partial charge in [-0.1, -0.05) is 24.8 Å². The van der Waals surface area contributed by atoms with Gasteiger partial charge in [-0.3, -0.25) is 4.90 Å². The maximum Gasteiger partial charge on any atom is 0.349 e. The third kappa shape index (κ3) is 5.94. The van der Waals surface area contributed by atoms with Crippen molar-refractivity contribution in [2.24, 2.45) is 5.92 Å².